The van der Waals surface area contributed by atoms with Crippen LogP contribution in [0.1, 0.15) is 31.2 Å². The van der Waals surface area contributed by atoms with Gasteiger partial charge in [0.15, 0.2) is 0 Å². The van der Waals surface area contributed by atoms with E-state index in [-0.39, 0.29) is 5.97 Å². The van der Waals surface area contributed by atoms with E-state index in [0.717, 1.165) is 6.42 Å². The van der Waals surface area contributed by atoms with Gasteiger partial charge < -0.3 is 10.1 Å². The van der Waals surface area contributed by atoms with Crippen molar-refractivity contribution in [2.24, 2.45) is 0 Å². The van der Waals surface area contributed by atoms with Crippen LogP contribution in [0.4, 0.5) is 0 Å². The summed E-state index contributed by atoms with van der Waals surface area (Å²) in [6.45, 7) is 0.814. The topological polar surface area (TPSA) is 38.3 Å². The van der Waals surface area contributed by atoms with Crippen LogP contribution in [0.25, 0.3) is 0 Å². The van der Waals surface area contributed by atoms with Crippen molar-refractivity contribution in [3.05, 3.63) is 35.9 Å². The Morgan fingerprint density at radius 3 is 2.67 bits per heavy atom. The molecule has 18 heavy (non-hydrogen) atoms. The van der Waals surface area contributed by atoms with Gasteiger partial charge in [-0.1, -0.05) is 43.2 Å². The molecule has 2 rings (SSSR count). The quantitative estimate of drug-likeness (QED) is 0.784. The summed E-state index contributed by atoms with van der Waals surface area (Å²) in [5.74, 6) is -0.141. The summed E-state index contributed by atoms with van der Waals surface area (Å²) in [5, 5.41) is 3.26. The highest BCUT2D eigenvalue weighted by Crippen LogP contribution is 2.17. The number of benzene rings is 1. The van der Waals surface area contributed by atoms with Gasteiger partial charge in [0.2, 0.25) is 0 Å². The lowest BCUT2D eigenvalue weighted by Gasteiger charge is -2.11. The molecule has 0 bridgehead atoms. The Bertz CT molecular complexity index is 358. The van der Waals surface area contributed by atoms with E-state index < -0.39 is 0 Å². The largest absolute Gasteiger partial charge is 0.464 e. The predicted octanol–water partition coefficient (Wildman–Crippen LogP) is 2.30. The van der Waals surface area contributed by atoms with Crippen LogP contribution < -0.4 is 5.32 Å². The third kappa shape index (κ3) is 4.49. The second-order valence-corrected chi connectivity index (χ2v) is 4.82. The first-order valence-corrected chi connectivity index (χ1v) is 6.77. The van der Waals surface area contributed by atoms with Gasteiger partial charge in [-0.25, -0.2) is 0 Å². The van der Waals surface area contributed by atoms with Crippen molar-refractivity contribution in [1.82, 2.24) is 5.32 Å². The molecule has 1 fully saturated rings. The molecule has 1 aliphatic carbocycles. The van der Waals surface area contributed by atoms with Gasteiger partial charge in [0.05, 0.1) is 13.2 Å². The predicted molar refractivity (Wildman–Crippen MR) is 71.4 cm³/mol. The Kier molecular flexibility index (Phi) is 5.21. The highest BCUT2D eigenvalue weighted by atomic mass is 16.5. The summed E-state index contributed by atoms with van der Waals surface area (Å²) < 4.78 is 5.20. The molecule has 0 unspecified atom stereocenters. The Morgan fingerprint density at radius 1 is 1.22 bits per heavy atom. The molecule has 0 radical (unpaired) electrons. The molecular formula is C15H21NO2. The van der Waals surface area contributed by atoms with Crippen LogP contribution in [0.5, 0.6) is 0 Å². The van der Waals surface area contributed by atoms with Crippen LogP contribution in [-0.2, 0) is 16.0 Å². The van der Waals surface area contributed by atoms with Crippen molar-refractivity contribution in [3.63, 3.8) is 0 Å². The fourth-order valence-corrected chi connectivity index (χ4v) is 2.34. The van der Waals surface area contributed by atoms with Gasteiger partial charge in [-0.3, -0.25) is 4.79 Å². The number of carbonyl (C=O) groups is 1. The third-order valence-corrected chi connectivity index (χ3v) is 3.39. The van der Waals surface area contributed by atoms with Crippen LogP contribution in [0, 0.1) is 0 Å². The Morgan fingerprint density at radius 2 is 1.94 bits per heavy atom. The van der Waals surface area contributed by atoms with Crippen molar-refractivity contribution in [1.29, 1.82) is 0 Å². The molecule has 0 atom stereocenters. The van der Waals surface area contributed by atoms with Gasteiger partial charge in [-0.2, -0.15) is 0 Å². The molecule has 0 spiro atoms. The molecule has 0 amide bonds. The number of ether oxygens (including phenoxy) is 1. The van der Waals surface area contributed by atoms with Crippen LogP contribution in [0.2, 0.25) is 0 Å². The van der Waals surface area contributed by atoms with Crippen molar-refractivity contribution < 1.29 is 9.53 Å². The van der Waals surface area contributed by atoms with Crippen LogP contribution in [0.3, 0.4) is 0 Å². The molecule has 3 nitrogen and oxygen atoms in total. The van der Waals surface area contributed by atoms with E-state index in [4.69, 9.17) is 4.74 Å². The zero-order valence-corrected chi connectivity index (χ0v) is 10.7. The maximum Gasteiger partial charge on any atom is 0.319 e. The Balaban J connectivity index is 1.57. The lowest BCUT2D eigenvalue weighted by Crippen LogP contribution is -2.32. The Hall–Kier alpha value is -1.35. The molecule has 1 aromatic rings. The number of carbonyl (C=O) groups excluding carboxylic acids is 1. The molecule has 1 N–H and O–H groups in total. The molecule has 1 aliphatic rings. The zero-order valence-electron chi connectivity index (χ0n) is 10.7. The third-order valence-electron chi connectivity index (χ3n) is 3.39. The molecule has 0 aromatic heterocycles. The van der Waals surface area contributed by atoms with E-state index in [2.05, 4.69) is 5.32 Å². The molecule has 3 heteroatoms. The van der Waals surface area contributed by atoms with Gasteiger partial charge in [0, 0.05) is 12.5 Å². The molecule has 0 saturated heterocycles. The summed E-state index contributed by atoms with van der Waals surface area (Å²) >= 11 is 0. The van der Waals surface area contributed by atoms with E-state index >= 15 is 0 Å². The fraction of sp³-hybridized carbons (Fsp3) is 0.533. The summed E-state index contributed by atoms with van der Waals surface area (Å²) in [4.78, 5) is 11.5. The highest BCUT2D eigenvalue weighted by molar-refractivity contribution is 5.71. The zero-order chi connectivity index (χ0) is 12.6. The maximum absolute atomic E-state index is 11.5. The SMILES string of the molecule is O=C(CNC1CCCC1)OCCc1ccccc1. The number of esters is 1. The second kappa shape index (κ2) is 7.17. The summed E-state index contributed by atoms with van der Waals surface area (Å²) in [6, 6.07) is 10.6. The molecule has 0 aliphatic heterocycles. The monoisotopic (exact) mass is 247 g/mol. The van der Waals surface area contributed by atoms with Gasteiger partial charge >= 0.3 is 5.97 Å². The van der Waals surface area contributed by atoms with E-state index in [1.54, 1.807) is 0 Å². The molecular weight excluding hydrogens is 226 g/mol. The number of hydrogen-bond acceptors (Lipinski definition) is 3. The van der Waals surface area contributed by atoms with Gasteiger partial charge in [-0.15, -0.1) is 0 Å². The normalized spacial score (nSPS) is 15.8. The van der Waals surface area contributed by atoms with Crippen LogP contribution >= 0.6 is 0 Å². The summed E-state index contributed by atoms with van der Waals surface area (Å²) in [6.07, 6.45) is 5.73. The van der Waals surface area contributed by atoms with Crippen LogP contribution in [-0.4, -0.2) is 25.2 Å². The van der Waals surface area contributed by atoms with Gasteiger partial charge in [-0.05, 0) is 18.4 Å². The smallest absolute Gasteiger partial charge is 0.319 e. The molecule has 98 valence electrons. The highest BCUT2D eigenvalue weighted by Gasteiger charge is 2.15. The fourth-order valence-electron chi connectivity index (χ4n) is 2.34. The first kappa shape index (κ1) is 13.1. The van der Waals surface area contributed by atoms with E-state index in [1.807, 2.05) is 30.3 Å². The number of hydrogen-bond donors (Lipinski definition) is 1. The van der Waals surface area contributed by atoms with Crippen molar-refractivity contribution in [3.8, 4) is 0 Å². The Labute approximate surface area is 109 Å². The summed E-state index contributed by atoms with van der Waals surface area (Å²) in [7, 11) is 0. The first-order valence-electron chi connectivity index (χ1n) is 6.77. The van der Waals surface area contributed by atoms with Gasteiger partial charge in [0.1, 0.15) is 0 Å². The minimum Gasteiger partial charge on any atom is -0.464 e. The first-order chi connectivity index (χ1) is 8.84. The number of nitrogens with one attached hydrogen (secondary N) is 1. The van der Waals surface area contributed by atoms with E-state index in [1.165, 1.54) is 31.2 Å². The van der Waals surface area contributed by atoms with Crippen molar-refractivity contribution in [2.45, 2.75) is 38.1 Å². The average molecular weight is 247 g/mol. The molecule has 1 aromatic carbocycles. The van der Waals surface area contributed by atoms with Crippen molar-refractivity contribution in [2.75, 3.05) is 13.2 Å². The lowest BCUT2D eigenvalue weighted by atomic mass is 10.2. The van der Waals surface area contributed by atoms with Crippen LogP contribution in [0.15, 0.2) is 30.3 Å². The minimum atomic E-state index is -0.141. The second-order valence-electron chi connectivity index (χ2n) is 4.82. The average Bonchev–Trinajstić information content (AvgIpc) is 2.91. The number of rotatable bonds is 6. The minimum absolute atomic E-state index is 0.141. The molecule has 1 saturated carbocycles. The van der Waals surface area contributed by atoms with E-state index in [9.17, 15) is 4.79 Å². The standard InChI is InChI=1S/C15H21NO2/c17-15(12-16-14-8-4-5-9-14)18-11-10-13-6-2-1-3-7-13/h1-3,6-7,14,16H,4-5,8-12H2. The van der Waals surface area contributed by atoms with E-state index in [0.29, 0.717) is 19.2 Å². The lowest BCUT2D eigenvalue weighted by molar-refractivity contribution is -0.142. The maximum atomic E-state index is 11.5. The van der Waals surface area contributed by atoms with Crippen molar-refractivity contribution >= 4 is 5.97 Å². The molecule has 0 heterocycles. The summed E-state index contributed by atoms with van der Waals surface area (Å²) in [5.41, 5.74) is 1.20. The van der Waals surface area contributed by atoms with Gasteiger partial charge in [0.25, 0.3) is 0 Å².